The molecule has 4 rings (SSSR count). The maximum absolute atomic E-state index is 12.7. The molecule has 1 unspecified atom stereocenters. The maximum atomic E-state index is 12.7. The normalized spacial score (nSPS) is 16.2. The van der Waals surface area contributed by atoms with Crippen LogP contribution >= 0.6 is 11.6 Å². The zero-order chi connectivity index (χ0) is 19.5. The average molecular weight is 399 g/mol. The van der Waals surface area contributed by atoms with Gasteiger partial charge < -0.3 is 5.32 Å². The molecule has 144 valence electrons. The highest BCUT2D eigenvalue weighted by molar-refractivity contribution is 6.30. The highest BCUT2D eigenvalue weighted by atomic mass is 35.5. The number of carbonyl (C=O) groups excluding carboxylic acids is 1. The van der Waals surface area contributed by atoms with Crippen LogP contribution in [0.5, 0.6) is 0 Å². The van der Waals surface area contributed by atoms with Crippen LogP contribution in [0.2, 0.25) is 5.02 Å². The Morgan fingerprint density at radius 2 is 2.14 bits per heavy atom. The SMILES string of the molecule is O=C(NC1CCc2nn(Cc3cccnc3)c(=O)n2CC1)c1ccc(Cl)cn1. The highest BCUT2D eigenvalue weighted by Gasteiger charge is 2.22. The van der Waals surface area contributed by atoms with Crippen molar-refractivity contribution >= 4 is 17.5 Å². The lowest BCUT2D eigenvalue weighted by Crippen LogP contribution is -2.36. The number of hydrogen-bond donors (Lipinski definition) is 1. The fourth-order valence-electron chi connectivity index (χ4n) is 3.31. The molecule has 1 N–H and O–H groups in total. The van der Waals surface area contributed by atoms with Gasteiger partial charge in [-0.3, -0.25) is 14.3 Å². The molecule has 28 heavy (non-hydrogen) atoms. The number of halogens is 1. The average Bonchev–Trinajstić information content (AvgIpc) is 2.86. The summed E-state index contributed by atoms with van der Waals surface area (Å²) in [6.45, 7) is 0.912. The van der Waals surface area contributed by atoms with Gasteiger partial charge in [-0.1, -0.05) is 17.7 Å². The predicted octanol–water partition coefficient (Wildman–Crippen LogP) is 1.67. The third-order valence-electron chi connectivity index (χ3n) is 4.77. The molecular weight excluding hydrogens is 380 g/mol. The molecule has 0 fully saturated rings. The molecular formula is C19H19ClN6O2. The summed E-state index contributed by atoms with van der Waals surface area (Å²) in [6.07, 6.45) is 6.86. The molecule has 0 aliphatic carbocycles. The molecule has 0 saturated heterocycles. The minimum Gasteiger partial charge on any atom is -0.348 e. The van der Waals surface area contributed by atoms with Gasteiger partial charge in [-0.05, 0) is 36.6 Å². The zero-order valence-corrected chi connectivity index (χ0v) is 15.8. The molecule has 8 nitrogen and oxygen atoms in total. The van der Waals surface area contributed by atoms with E-state index in [1.54, 1.807) is 29.1 Å². The second-order valence-electron chi connectivity index (χ2n) is 6.73. The Hall–Kier alpha value is -3.00. The van der Waals surface area contributed by atoms with E-state index in [4.69, 9.17) is 11.6 Å². The Labute approximate surface area is 166 Å². The fraction of sp³-hybridized carbons (Fsp3) is 0.316. The van der Waals surface area contributed by atoms with E-state index >= 15 is 0 Å². The molecule has 0 saturated carbocycles. The number of aromatic nitrogens is 5. The summed E-state index contributed by atoms with van der Waals surface area (Å²) in [5.74, 6) is 0.505. The van der Waals surface area contributed by atoms with E-state index in [0.29, 0.717) is 43.1 Å². The number of amides is 1. The number of rotatable bonds is 4. The van der Waals surface area contributed by atoms with Crippen molar-refractivity contribution in [2.45, 2.75) is 38.4 Å². The first-order valence-corrected chi connectivity index (χ1v) is 9.46. The van der Waals surface area contributed by atoms with E-state index in [1.165, 1.54) is 10.9 Å². The van der Waals surface area contributed by atoms with E-state index < -0.39 is 0 Å². The smallest absolute Gasteiger partial charge is 0.346 e. The molecule has 4 heterocycles. The first-order valence-electron chi connectivity index (χ1n) is 9.08. The molecule has 0 radical (unpaired) electrons. The van der Waals surface area contributed by atoms with Gasteiger partial charge in [0.1, 0.15) is 11.5 Å². The molecule has 1 aliphatic rings. The molecule has 0 aromatic carbocycles. The predicted molar refractivity (Wildman–Crippen MR) is 103 cm³/mol. The highest BCUT2D eigenvalue weighted by Crippen LogP contribution is 2.13. The lowest BCUT2D eigenvalue weighted by molar-refractivity contribution is 0.0928. The number of aryl methyl sites for hydroxylation is 1. The summed E-state index contributed by atoms with van der Waals surface area (Å²) in [7, 11) is 0. The van der Waals surface area contributed by atoms with Crippen molar-refractivity contribution in [1.82, 2.24) is 29.6 Å². The van der Waals surface area contributed by atoms with Crippen molar-refractivity contribution in [3.8, 4) is 0 Å². The van der Waals surface area contributed by atoms with Gasteiger partial charge in [-0.15, -0.1) is 0 Å². The number of nitrogens with one attached hydrogen (secondary N) is 1. The molecule has 3 aromatic heterocycles. The van der Waals surface area contributed by atoms with Crippen molar-refractivity contribution in [1.29, 1.82) is 0 Å². The Morgan fingerprint density at radius 1 is 1.25 bits per heavy atom. The van der Waals surface area contributed by atoms with Gasteiger partial charge in [0.15, 0.2) is 0 Å². The summed E-state index contributed by atoms with van der Waals surface area (Å²) in [6, 6.07) is 6.94. The largest absolute Gasteiger partial charge is 0.348 e. The number of carbonyl (C=O) groups is 1. The van der Waals surface area contributed by atoms with Crippen LogP contribution in [0, 0.1) is 0 Å². The minimum atomic E-state index is -0.241. The first kappa shape index (κ1) is 18.4. The van der Waals surface area contributed by atoms with E-state index in [2.05, 4.69) is 20.4 Å². The fourth-order valence-corrected chi connectivity index (χ4v) is 3.42. The quantitative estimate of drug-likeness (QED) is 0.721. The van der Waals surface area contributed by atoms with Crippen molar-refractivity contribution in [3.63, 3.8) is 0 Å². The molecule has 1 amide bonds. The van der Waals surface area contributed by atoms with Crippen LogP contribution in [0.4, 0.5) is 0 Å². The topological polar surface area (TPSA) is 94.7 Å². The zero-order valence-electron chi connectivity index (χ0n) is 15.1. The summed E-state index contributed by atoms with van der Waals surface area (Å²) < 4.78 is 3.17. The minimum absolute atomic E-state index is 0.0437. The van der Waals surface area contributed by atoms with Crippen LogP contribution in [0.25, 0.3) is 0 Å². The third kappa shape index (κ3) is 3.96. The summed E-state index contributed by atoms with van der Waals surface area (Å²) in [5.41, 5.74) is 1.12. The third-order valence-corrected chi connectivity index (χ3v) is 4.99. The van der Waals surface area contributed by atoms with E-state index in [9.17, 15) is 9.59 Å². The number of fused-ring (bicyclic) bond motifs is 1. The standard InChI is InChI=1S/C19H19ClN6O2/c20-14-3-5-16(22-11-14)18(27)23-15-4-6-17-24-26(19(28)25(17)9-7-15)12-13-2-1-8-21-10-13/h1-3,5,8,10-11,15H,4,6-7,9,12H2,(H,23,27). The second-order valence-corrected chi connectivity index (χ2v) is 7.17. The Bertz CT molecular complexity index is 1030. The monoisotopic (exact) mass is 398 g/mol. The van der Waals surface area contributed by atoms with Crippen LogP contribution in [0.15, 0.2) is 47.7 Å². The number of hydrogen-bond acceptors (Lipinski definition) is 5. The van der Waals surface area contributed by atoms with E-state index in [-0.39, 0.29) is 17.6 Å². The van der Waals surface area contributed by atoms with Crippen molar-refractivity contribution < 1.29 is 4.79 Å². The maximum Gasteiger partial charge on any atom is 0.346 e. The van der Waals surface area contributed by atoms with Gasteiger partial charge in [-0.2, -0.15) is 5.10 Å². The summed E-state index contributed by atoms with van der Waals surface area (Å²) in [4.78, 5) is 33.2. The van der Waals surface area contributed by atoms with Gasteiger partial charge in [0, 0.05) is 37.6 Å². The molecule has 1 atom stereocenters. The van der Waals surface area contributed by atoms with E-state index in [1.807, 2.05) is 12.1 Å². The Morgan fingerprint density at radius 3 is 2.89 bits per heavy atom. The van der Waals surface area contributed by atoms with Crippen LogP contribution in [-0.4, -0.2) is 36.3 Å². The Balaban J connectivity index is 1.42. The van der Waals surface area contributed by atoms with Crippen molar-refractivity contribution in [2.75, 3.05) is 0 Å². The van der Waals surface area contributed by atoms with Gasteiger partial charge in [0.05, 0.1) is 11.6 Å². The molecule has 0 spiro atoms. The van der Waals surface area contributed by atoms with Gasteiger partial charge in [-0.25, -0.2) is 14.5 Å². The first-order chi connectivity index (χ1) is 13.6. The molecule has 9 heteroatoms. The molecule has 0 bridgehead atoms. The summed E-state index contributed by atoms with van der Waals surface area (Å²) in [5, 5.41) is 7.96. The van der Waals surface area contributed by atoms with Gasteiger partial charge >= 0.3 is 5.69 Å². The van der Waals surface area contributed by atoms with Gasteiger partial charge in [0.2, 0.25) is 0 Å². The van der Waals surface area contributed by atoms with Crippen molar-refractivity contribution in [2.24, 2.45) is 0 Å². The lowest BCUT2D eigenvalue weighted by atomic mass is 10.1. The Kier molecular flexibility index (Phi) is 5.21. The van der Waals surface area contributed by atoms with Gasteiger partial charge in [0.25, 0.3) is 5.91 Å². The van der Waals surface area contributed by atoms with Crippen LogP contribution < -0.4 is 11.0 Å². The van der Waals surface area contributed by atoms with Crippen molar-refractivity contribution in [3.05, 3.63) is 75.4 Å². The van der Waals surface area contributed by atoms with E-state index in [0.717, 1.165) is 11.4 Å². The number of pyridine rings is 2. The molecule has 3 aromatic rings. The van der Waals surface area contributed by atoms with Crippen LogP contribution in [0.3, 0.4) is 0 Å². The number of nitrogens with zero attached hydrogens (tertiary/aromatic N) is 5. The summed E-state index contributed by atoms with van der Waals surface area (Å²) >= 11 is 5.81. The lowest BCUT2D eigenvalue weighted by Gasteiger charge is -2.15. The second kappa shape index (κ2) is 7.93. The van der Waals surface area contributed by atoms with Crippen LogP contribution in [0.1, 0.15) is 34.7 Å². The van der Waals surface area contributed by atoms with Crippen LogP contribution in [-0.2, 0) is 19.5 Å². The molecule has 1 aliphatic heterocycles.